The van der Waals surface area contributed by atoms with Gasteiger partial charge in [-0.25, -0.2) is 0 Å². The molecule has 0 amide bonds. The third kappa shape index (κ3) is 3.23. The maximum absolute atomic E-state index is 4.56. The van der Waals surface area contributed by atoms with E-state index in [0.29, 0.717) is 0 Å². The second-order valence-corrected chi connectivity index (χ2v) is 5.28. The third-order valence-corrected chi connectivity index (χ3v) is 3.36. The Morgan fingerprint density at radius 2 is 2.00 bits per heavy atom. The molecule has 0 atom stereocenters. The van der Waals surface area contributed by atoms with Gasteiger partial charge in [-0.05, 0) is 53.2 Å². The normalized spacial score (nSPS) is 11.6. The molecule has 0 bridgehead atoms. The summed E-state index contributed by atoms with van der Waals surface area (Å²) in [6, 6.07) is 11.7. The average molecular weight is 354 g/mol. The second kappa shape index (κ2) is 5.56. The predicted molar refractivity (Wildman–Crippen MR) is 78.0 cm³/mol. The van der Waals surface area contributed by atoms with Crippen molar-refractivity contribution in [3.8, 4) is 0 Å². The molecule has 0 fully saturated rings. The van der Waals surface area contributed by atoms with Crippen LogP contribution in [0.25, 0.3) is 0 Å². The fraction of sp³-hybridized carbons (Fsp3) is 0.0769. The first kappa shape index (κ1) is 12.5. The lowest BCUT2D eigenvalue weighted by Crippen LogP contribution is -1.96. The molecule has 0 aliphatic rings. The molecule has 0 unspecified atom stereocenters. The number of pyridine rings is 1. The maximum atomic E-state index is 4.56. The molecule has 1 aromatic carbocycles. The van der Waals surface area contributed by atoms with Gasteiger partial charge >= 0.3 is 0 Å². The van der Waals surface area contributed by atoms with Crippen molar-refractivity contribution in [2.75, 3.05) is 0 Å². The van der Waals surface area contributed by atoms with Crippen LogP contribution in [0, 0.1) is 0 Å². The number of hydrogen-bond donors (Lipinski definition) is 0. The number of nitrogens with zero attached hydrogens (tertiary/aromatic N) is 2. The van der Waals surface area contributed by atoms with E-state index in [0.717, 1.165) is 26.0 Å². The molecule has 0 saturated heterocycles. The first-order valence-corrected chi connectivity index (χ1v) is 6.67. The highest BCUT2D eigenvalue weighted by atomic mass is 79.9. The van der Waals surface area contributed by atoms with Gasteiger partial charge in [-0.15, -0.1) is 0 Å². The molecule has 1 aromatic heterocycles. The minimum absolute atomic E-state index is 0.891. The molecule has 2 nitrogen and oxygen atoms in total. The highest BCUT2D eigenvalue weighted by Gasteiger charge is 2.02. The smallest absolute Gasteiger partial charge is 0.0841 e. The van der Waals surface area contributed by atoms with E-state index < -0.39 is 0 Å². The van der Waals surface area contributed by atoms with Gasteiger partial charge in [0.05, 0.1) is 17.1 Å². The van der Waals surface area contributed by atoms with E-state index in [9.17, 15) is 0 Å². The molecule has 0 aliphatic heterocycles. The fourth-order valence-electron chi connectivity index (χ4n) is 1.39. The monoisotopic (exact) mass is 352 g/mol. The van der Waals surface area contributed by atoms with E-state index in [4.69, 9.17) is 0 Å². The molecule has 17 heavy (non-hydrogen) atoms. The zero-order valence-electron chi connectivity index (χ0n) is 9.19. The van der Waals surface area contributed by atoms with Gasteiger partial charge in [0.1, 0.15) is 0 Å². The molecular weight excluding hydrogens is 344 g/mol. The third-order valence-electron chi connectivity index (χ3n) is 2.23. The summed E-state index contributed by atoms with van der Waals surface area (Å²) >= 11 is 6.91. The number of benzene rings is 1. The molecule has 2 rings (SSSR count). The van der Waals surface area contributed by atoms with Crippen LogP contribution in [0.5, 0.6) is 0 Å². The molecule has 0 spiro atoms. The Balaban J connectivity index is 2.36. The highest BCUT2D eigenvalue weighted by Crippen LogP contribution is 2.28. The largest absolute Gasteiger partial charge is 0.255 e. The van der Waals surface area contributed by atoms with Crippen molar-refractivity contribution in [2.24, 2.45) is 4.99 Å². The standard InChI is InChI=1S/C13H10Br2N2/c1-9(12-4-2-3-7-16-12)17-13-6-5-10(14)8-11(13)15/h2-8H,1H3. The topological polar surface area (TPSA) is 25.2 Å². The fourth-order valence-corrected chi connectivity index (χ4v) is 2.52. The van der Waals surface area contributed by atoms with E-state index in [-0.39, 0.29) is 0 Å². The van der Waals surface area contributed by atoms with E-state index >= 15 is 0 Å². The number of rotatable bonds is 2. The summed E-state index contributed by atoms with van der Waals surface area (Å²) in [6.45, 7) is 1.96. The van der Waals surface area contributed by atoms with Gasteiger partial charge in [0.2, 0.25) is 0 Å². The Morgan fingerprint density at radius 3 is 2.65 bits per heavy atom. The van der Waals surface area contributed by atoms with Crippen LogP contribution in [0.4, 0.5) is 5.69 Å². The van der Waals surface area contributed by atoms with Crippen LogP contribution >= 0.6 is 31.9 Å². The van der Waals surface area contributed by atoms with Gasteiger partial charge in [0, 0.05) is 15.1 Å². The van der Waals surface area contributed by atoms with Crippen molar-refractivity contribution in [3.05, 3.63) is 57.2 Å². The van der Waals surface area contributed by atoms with Crippen LogP contribution in [0.3, 0.4) is 0 Å². The lowest BCUT2D eigenvalue weighted by Gasteiger charge is -2.02. The Hall–Kier alpha value is -1.00. The molecular formula is C13H10Br2N2. The summed E-state index contributed by atoms with van der Waals surface area (Å²) < 4.78 is 1.99. The summed E-state index contributed by atoms with van der Waals surface area (Å²) in [5.74, 6) is 0. The van der Waals surface area contributed by atoms with Crippen LogP contribution < -0.4 is 0 Å². The van der Waals surface area contributed by atoms with Crippen LogP contribution in [0.2, 0.25) is 0 Å². The summed E-state index contributed by atoms with van der Waals surface area (Å²) in [5.41, 5.74) is 2.69. The van der Waals surface area contributed by atoms with E-state index in [1.807, 2.05) is 43.3 Å². The van der Waals surface area contributed by atoms with Crippen molar-refractivity contribution < 1.29 is 0 Å². The Morgan fingerprint density at radius 1 is 1.18 bits per heavy atom. The van der Waals surface area contributed by atoms with Crippen LogP contribution in [-0.4, -0.2) is 10.7 Å². The SMILES string of the molecule is CC(=Nc1ccc(Br)cc1Br)c1ccccn1. The zero-order valence-corrected chi connectivity index (χ0v) is 12.4. The van der Waals surface area contributed by atoms with Gasteiger partial charge in [-0.2, -0.15) is 0 Å². The molecule has 2 aromatic rings. The summed E-state index contributed by atoms with van der Waals surface area (Å²) in [4.78, 5) is 8.82. The molecule has 4 heteroatoms. The van der Waals surface area contributed by atoms with Gasteiger partial charge in [-0.3, -0.25) is 9.98 Å². The molecule has 0 aliphatic carbocycles. The van der Waals surface area contributed by atoms with Crippen molar-refractivity contribution >= 4 is 43.3 Å². The second-order valence-electron chi connectivity index (χ2n) is 3.51. The lowest BCUT2D eigenvalue weighted by molar-refractivity contribution is 1.27. The number of aromatic nitrogens is 1. The zero-order chi connectivity index (χ0) is 12.3. The molecule has 86 valence electrons. The first-order chi connectivity index (χ1) is 8.16. The van der Waals surface area contributed by atoms with Crippen LogP contribution in [0.1, 0.15) is 12.6 Å². The highest BCUT2D eigenvalue weighted by molar-refractivity contribution is 9.11. The molecule has 0 N–H and O–H groups in total. The molecule has 1 heterocycles. The van der Waals surface area contributed by atoms with Gasteiger partial charge in [0.15, 0.2) is 0 Å². The Kier molecular flexibility index (Phi) is 4.07. The number of hydrogen-bond acceptors (Lipinski definition) is 2. The minimum atomic E-state index is 0.891. The van der Waals surface area contributed by atoms with Crippen LogP contribution in [0.15, 0.2) is 56.5 Å². The van der Waals surface area contributed by atoms with Crippen molar-refractivity contribution in [1.29, 1.82) is 0 Å². The van der Waals surface area contributed by atoms with E-state index in [2.05, 4.69) is 41.8 Å². The molecule has 0 saturated carbocycles. The number of halogens is 2. The van der Waals surface area contributed by atoms with Crippen molar-refractivity contribution in [1.82, 2.24) is 4.98 Å². The summed E-state index contributed by atoms with van der Waals surface area (Å²) in [7, 11) is 0. The van der Waals surface area contributed by atoms with Crippen LogP contribution in [-0.2, 0) is 0 Å². The quantitative estimate of drug-likeness (QED) is 0.715. The van der Waals surface area contributed by atoms with Crippen molar-refractivity contribution in [3.63, 3.8) is 0 Å². The first-order valence-electron chi connectivity index (χ1n) is 5.08. The minimum Gasteiger partial charge on any atom is -0.255 e. The Labute approximate surface area is 117 Å². The summed E-state index contributed by atoms with van der Waals surface area (Å²) in [6.07, 6.45) is 1.77. The Bertz CT molecular complexity index is 551. The lowest BCUT2D eigenvalue weighted by atomic mass is 10.2. The van der Waals surface area contributed by atoms with E-state index in [1.165, 1.54) is 0 Å². The van der Waals surface area contributed by atoms with Gasteiger partial charge < -0.3 is 0 Å². The van der Waals surface area contributed by atoms with Crippen molar-refractivity contribution in [2.45, 2.75) is 6.92 Å². The number of aliphatic imine (C=N–C) groups is 1. The molecule has 0 radical (unpaired) electrons. The van der Waals surface area contributed by atoms with E-state index in [1.54, 1.807) is 6.20 Å². The van der Waals surface area contributed by atoms with Gasteiger partial charge in [-0.1, -0.05) is 22.0 Å². The summed E-state index contributed by atoms with van der Waals surface area (Å²) in [5, 5.41) is 0. The predicted octanol–water partition coefficient (Wildman–Crippen LogP) is 4.75. The average Bonchev–Trinajstić information content (AvgIpc) is 2.34. The maximum Gasteiger partial charge on any atom is 0.0841 e. The van der Waals surface area contributed by atoms with Gasteiger partial charge in [0.25, 0.3) is 0 Å².